The Hall–Kier alpha value is -2.05. The van der Waals surface area contributed by atoms with Gasteiger partial charge in [-0.1, -0.05) is 20.3 Å². The molecule has 0 spiro atoms. The second kappa shape index (κ2) is 8.76. The van der Waals surface area contributed by atoms with Crippen molar-refractivity contribution in [2.75, 3.05) is 19.6 Å². The van der Waals surface area contributed by atoms with E-state index in [1.54, 1.807) is 9.58 Å². The molecule has 7 nitrogen and oxygen atoms in total. The van der Waals surface area contributed by atoms with E-state index in [4.69, 9.17) is 4.74 Å². The van der Waals surface area contributed by atoms with E-state index in [9.17, 15) is 9.59 Å². The zero-order valence-corrected chi connectivity index (χ0v) is 17.7. The van der Waals surface area contributed by atoms with Crippen LogP contribution in [0, 0.1) is 0 Å². The number of carbonyl (C=O) groups excluding carboxylic acids is 2. The summed E-state index contributed by atoms with van der Waals surface area (Å²) in [5, 5.41) is 4.52. The van der Waals surface area contributed by atoms with Crippen LogP contribution in [0.1, 0.15) is 75.6 Å². The lowest BCUT2D eigenvalue weighted by atomic mass is 10.0. The first-order valence-corrected chi connectivity index (χ1v) is 9.99. The van der Waals surface area contributed by atoms with Crippen LogP contribution in [0.15, 0.2) is 0 Å². The van der Waals surface area contributed by atoms with Gasteiger partial charge in [0, 0.05) is 44.4 Å². The summed E-state index contributed by atoms with van der Waals surface area (Å²) < 4.78 is 7.29. The number of fused-ring (bicyclic) bond motifs is 1. The molecule has 1 aromatic heterocycles. The van der Waals surface area contributed by atoms with E-state index >= 15 is 0 Å². The van der Waals surface area contributed by atoms with E-state index in [1.165, 1.54) is 0 Å². The molecular formula is C20H34N4O3. The molecule has 0 bridgehead atoms. The van der Waals surface area contributed by atoms with Gasteiger partial charge in [-0.25, -0.2) is 4.79 Å². The molecule has 0 saturated carbocycles. The monoisotopic (exact) mass is 378 g/mol. The average Bonchev–Trinajstić information content (AvgIpc) is 2.93. The Morgan fingerprint density at radius 3 is 2.48 bits per heavy atom. The van der Waals surface area contributed by atoms with Gasteiger partial charge in [-0.05, 0) is 33.6 Å². The molecule has 1 aromatic rings. The van der Waals surface area contributed by atoms with Crippen LogP contribution in [0.25, 0.3) is 0 Å². The standard InChI is InChI=1S/C20H34N4O3/c1-7-9-12-23(11-8-2)18(25)17-15-14-24(19(26)27-20(3,4)5)13-10-16(15)22(6)21-17/h7-14H2,1-6H3. The van der Waals surface area contributed by atoms with Crippen LogP contribution in [0.4, 0.5) is 4.79 Å². The second-order valence-corrected chi connectivity index (χ2v) is 8.20. The molecule has 0 radical (unpaired) electrons. The van der Waals surface area contributed by atoms with Gasteiger partial charge in [-0.15, -0.1) is 0 Å². The van der Waals surface area contributed by atoms with Crippen LogP contribution in [-0.2, 0) is 24.8 Å². The van der Waals surface area contributed by atoms with Gasteiger partial charge in [0.1, 0.15) is 5.60 Å². The number of nitrogens with zero attached hydrogens (tertiary/aromatic N) is 4. The molecule has 0 atom stereocenters. The van der Waals surface area contributed by atoms with Crippen molar-refractivity contribution in [3.05, 3.63) is 17.0 Å². The Bertz CT molecular complexity index is 676. The van der Waals surface area contributed by atoms with Crippen molar-refractivity contribution in [3.63, 3.8) is 0 Å². The maximum absolute atomic E-state index is 13.1. The van der Waals surface area contributed by atoms with E-state index in [2.05, 4.69) is 18.9 Å². The van der Waals surface area contributed by atoms with Gasteiger partial charge in [-0.2, -0.15) is 5.10 Å². The van der Waals surface area contributed by atoms with Gasteiger partial charge in [0.25, 0.3) is 5.91 Å². The highest BCUT2D eigenvalue weighted by atomic mass is 16.6. The van der Waals surface area contributed by atoms with Crippen molar-refractivity contribution in [2.45, 2.75) is 72.4 Å². The summed E-state index contributed by atoms with van der Waals surface area (Å²) in [4.78, 5) is 29.2. The number of carbonyl (C=O) groups is 2. The van der Waals surface area contributed by atoms with Crippen molar-refractivity contribution in [2.24, 2.45) is 7.05 Å². The highest BCUT2D eigenvalue weighted by molar-refractivity contribution is 5.94. The number of rotatable bonds is 6. The van der Waals surface area contributed by atoms with Crippen molar-refractivity contribution >= 4 is 12.0 Å². The summed E-state index contributed by atoms with van der Waals surface area (Å²) in [5.41, 5.74) is 1.83. The minimum absolute atomic E-state index is 0.0341. The largest absolute Gasteiger partial charge is 0.444 e. The maximum atomic E-state index is 13.1. The molecule has 152 valence electrons. The third-order valence-electron chi connectivity index (χ3n) is 4.66. The lowest BCUT2D eigenvalue weighted by molar-refractivity contribution is 0.0221. The maximum Gasteiger partial charge on any atom is 0.410 e. The zero-order chi connectivity index (χ0) is 20.2. The quantitative estimate of drug-likeness (QED) is 0.761. The molecule has 0 fully saturated rings. The van der Waals surface area contributed by atoms with Gasteiger partial charge in [0.15, 0.2) is 5.69 Å². The molecule has 1 aliphatic heterocycles. The van der Waals surface area contributed by atoms with Gasteiger partial charge in [0.2, 0.25) is 0 Å². The molecule has 2 rings (SSSR count). The van der Waals surface area contributed by atoms with E-state index in [0.717, 1.165) is 43.6 Å². The summed E-state index contributed by atoms with van der Waals surface area (Å²) in [6.07, 6.45) is 3.26. The number of unbranched alkanes of at least 4 members (excludes halogenated alkanes) is 1. The van der Waals surface area contributed by atoms with E-state index in [1.807, 2.05) is 32.7 Å². The van der Waals surface area contributed by atoms with E-state index in [-0.39, 0.29) is 12.0 Å². The van der Waals surface area contributed by atoms with Crippen LogP contribution in [-0.4, -0.2) is 56.8 Å². The van der Waals surface area contributed by atoms with Crippen LogP contribution in [0.5, 0.6) is 0 Å². The van der Waals surface area contributed by atoms with Crippen molar-refractivity contribution < 1.29 is 14.3 Å². The first-order valence-electron chi connectivity index (χ1n) is 9.99. The lowest BCUT2D eigenvalue weighted by Crippen LogP contribution is -2.41. The molecule has 2 amide bonds. The number of amides is 2. The van der Waals surface area contributed by atoms with Crippen LogP contribution in [0.2, 0.25) is 0 Å². The lowest BCUT2D eigenvalue weighted by Gasteiger charge is -2.30. The Labute approximate surface area is 162 Å². The second-order valence-electron chi connectivity index (χ2n) is 8.20. The molecule has 0 saturated heterocycles. The first-order chi connectivity index (χ1) is 12.7. The third-order valence-corrected chi connectivity index (χ3v) is 4.66. The normalized spacial score (nSPS) is 14.1. The Kier molecular flexibility index (Phi) is 6.89. The fourth-order valence-electron chi connectivity index (χ4n) is 3.33. The smallest absolute Gasteiger partial charge is 0.410 e. The first kappa shape index (κ1) is 21.3. The highest BCUT2D eigenvalue weighted by Gasteiger charge is 2.32. The molecule has 1 aliphatic rings. The van der Waals surface area contributed by atoms with Crippen molar-refractivity contribution in [1.82, 2.24) is 19.6 Å². The fraction of sp³-hybridized carbons (Fsp3) is 0.750. The van der Waals surface area contributed by atoms with Crippen molar-refractivity contribution in [3.8, 4) is 0 Å². The molecule has 0 unspecified atom stereocenters. The van der Waals surface area contributed by atoms with E-state index in [0.29, 0.717) is 25.2 Å². The predicted molar refractivity (Wildman–Crippen MR) is 105 cm³/mol. The Morgan fingerprint density at radius 2 is 1.89 bits per heavy atom. The summed E-state index contributed by atoms with van der Waals surface area (Å²) in [7, 11) is 1.87. The molecule has 0 aliphatic carbocycles. The summed E-state index contributed by atoms with van der Waals surface area (Å²) in [6.45, 7) is 12.2. The Morgan fingerprint density at radius 1 is 1.19 bits per heavy atom. The molecule has 2 heterocycles. The van der Waals surface area contributed by atoms with Crippen LogP contribution in [0.3, 0.4) is 0 Å². The van der Waals surface area contributed by atoms with Gasteiger partial charge in [-0.3, -0.25) is 9.48 Å². The number of ether oxygens (including phenoxy) is 1. The number of aromatic nitrogens is 2. The molecule has 7 heteroatoms. The summed E-state index contributed by atoms with van der Waals surface area (Å²) in [5.74, 6) is -0.0341. The molecule has 27 heavy (non-hydrogen) atoms. The average molecular weight is 379 g/mol. The number of aryl methyl sites for hydroxylation is 1. The zero-order valence-electron chi connectivity index (χ0n) is 17.7. The summed E-state index contributed by atoms with van der Waals surface area (Å²) >= 11 is 0. The molecular weight excluding hydrogens is 344 g/mol. The van der Waals surface area contributed by atoms with Crippen LogP contribution >= 0.6 is 0 Å². The van der Waals surface area contributed by atoms with Crippen LogP contribution < -0.4 is 0 Å². The molecule has 0 N–H and O–H groups in total. The van der Waals surface area contributed by atoms with E-state index < -0.39 is 5.60 Å². The minimum Gasteiger partial charge on any atom is -0.444 e. The Balaban J connectivity index is 2.24. The molecule has 0 aromatic carbocycles. The fourth-order valence-corrected chi connectivity index (χ4v) is 3.33. The van der Waals surface area contributed by atoms with Crippen molar-refractivity contribution in [1.29, 1.82) is 0 Å². The number of hydrogen-bond acceptors (Lipinski definition) is 4. The SMILES string of the molecule is CCCCN(CCC)C(=O)c1nn(C)c2c1CN(C(=O)OC(C)(C)C)CC2. The highest BCUT2D eigenvalue weighted by Crippen LogP contribution is 2.25. The minimum atomic E-state index is -0.539. The summed E-state index contributed by atoms with van der Waals surface area (Å²) in [6, 6.07) is 0. The van der Waals surface area contributed by atoms with Gasteiger partial charge < -0.3 is 14.5 Å². The number of hydrogen-bond donors (Lipinski definition) is 0. The van der Waals surface area contributed by atoms with Gasteiger partial charge in [0.05, 0.1) is 6.54 Å². The topological polar surface area (TPSA) is 67.7 Å². The third kappa shape index (κ3) is 5.23. The predicted octanol–water partition coefficient (Wildman–Crippen LogP) is 3.37. The van der Waals surface area contributed by atoms with Gasteiger partial charge >= 0.3 is 6.09 Å².